The Morgan fingerprint density at radius 3 is 2.40 bits per heavy atom. The summed E-state index contributed by atoms with van der Waals surface area (Å²) in [6, 6.07) is 11.1. The Labute approximate surface area is 234 Å². The lowest BCUT2D eigenvalue weighted by Gasteiger charge is -2.33. The maximum atomic E-state index is 13.4. The molecule has 10 heteroatoms. The number of fused-ring (bicyclic) bond motifs is 1. The molecule has 1 fully saturated rings. The van der Waals surface area contributed by atoms with Crippen LogP contribution in [-0.2, 0) is 13.1 Å². The van der Waals surface area contributed by atoms with E-state index in [1.165, 1.54) is 4.90 Å². The van der Waals surface area contributed by atoms with Crippen LogP contribution < -0.4 is 15.5 Å². The van der Waals surface area contributed by atoms with Gasteiger partial charge in [-0.05, 0) is 56.5 Å². The number of Topliss-reactive ketones (excluding diaryl/α,β-unsaturated/α-hetero) is 1. The smallest absolute Gasteiger partial charge is 0.321 e. The zero-order chi connectivity index (χ0) is 28.6. The summed E-state index contributed by atoms with van der Waals surface area (Å²) < 4.78 is 1.97. The number of urea groups is 1. The summed E-state index contributed by atoms with van der Waals surface area (Å²) in [5, 5.41) is 10.6. The normalized spacial score (nSPS) is 16.4. The number of aromatic nitrogens is 3. The van der Waals surface area contributed by atoms with Crippen molar-refractivity contribution in [2.45, 2.75) is 58.7 Å². The molecule has 1 saturated carbocycles. The fourth-order valence-electron chi connectivity index (χ4n) is 5.09. The van der Waals surface area contributed by atoms with Crippen molar-refractivity contribution in [2.75, 3.05) is 30.9 Å². The third kappa shape index (κ3) is 5.71. The highest BCUT2D eigenvalue weighted by Gasteiger charge is 2.34. The fraction of sp³-hybridized carbons (Fsp3) is 0.433. The van der Waals surface area contributed by atoms with E-state index in [9.17, 15) is 14.4 Å². The Morgan fingerprint density at radius 1 is 1.07 bits per heavy atom. The molecule has 1 aliphatic heterocycles. The van der Waals surface area contributed by atoms with Gasteiger partial charge in [-0.3, -0.25) is 14.3 Å². The lowest BCUT2D eigenvalue weighted by atomic mass is 9.95. The van der Waals surface area contributed by atoms with Crippen LogP contribution in [0, 0.1) is 5.92 Å². The van der Waals surface area contributed by atoms with Crippen LogP contribution in [0.1, 0.15) is 83.2 Å². The number of benzene rings is 1. The van der Waals surface area contributed by atoms with E-state index in [1.54, 1.807) is 20.3 Å². The van der Waals surface area contributed by atoms with E-state index in [4.69, 9.17) is 5.10 Å². The van der Waals surface area contributed by atoms with Crippen LogP contribution >= 0.6 is 0 Å². The molecular weight excluding hydrogens is 506 g/mol. The van der Waals surface area contributed by atoms with Crippen LogP contribution in [0.2, 0.25) is 0 Å². The molecule has 0 unspecified atom stereocenters. The molecule has 40 heavy (non-hydrogen) atoms. The summed E-state index contributed by atoms with van der Waals surface area (Å²) in [4.78, 5) is 46.0. The predicted octanol–water partition coefficient (Wildman–Crippen LogP) is 4.60. The number of hydrogen-bond acceptors (Lipinski definition) is 6. The first-order chi connectivity index (χ1) is 19.1. The van der Waals surface area contributed by atoms with Crippen LogP contribution in [0.15, 0.2) is 42.6 Å². The van der Waals surface area contributed by atoms with Crippen molar-refractivity contribution in [3.8, 4) is 0 Å². The minimum absolute atomic E-state index is 0.111. The first kappa shape index (κ1) is 27.4. The second kappa shape index (κ2) is 11.1. The number of carbonyl (C=O) groups excluding carboxylic acids is 3. The van der Waals surface area contributed by atoms with Crippen molar-refractivity contribution in [3.05, 3.63) is 70.7 Å². The van der Waals surface area contributed by atoms with Crippen molar-refractivity contribution < 1.29 is 14.4 Å². The molecule has 1 aliphatic carbocycles. The summed E-state index contributed by atoms with van der Waals surface area (Å²) in [5.74, 6) is 1.04. The molecule has 5 rings (SSSR count). The zero-order valence-electron chi connectivity index (χ0n) is 23.8. The van der Waals surface area contributed by atoms with Crippen LogP contribution in [0.4, 0.5) is 16.3 Å². The SMILES string of the molecule is CC(C)n1nc(C(=O)NCc2ccc(NC(=O)N(C)C)cc2)c2c1[C@@H](C)CN(c1ccc(C(=O)C3CC3)cn1)C2. The quantitative estimate of drug-likeness (QED) is 0.402. The molecule has 3 aromatic rings. The molecule has 10 nitrogen and oxygen atoms in total. The maximum absolute atomic E-state index is 13.4. The topological polar surface area (TPSA) is 112 Å². The minimum atomic E-state index is -0.229. The number of anilines is 2. The lowest BCUT2D eigenvalue weighted by molar-refractivity contribution is 0.0941. The van der Waals surface area contributed by atoms with Gasteiger partial charge in [-0.15, -0.1) is 0 Å². The highest BCUT2D eigenvalue weighted by atomic mass is 16.2. The van der Waals surface area contributed by atoms with Crippen LogP contribution in [-0.4, -0.2) is 58.0 Å². The molecule has 1 atom stereocenters. The summed E-state index contributed by atoms with van der Waals surface area (Å²) >= 11 is 0. The summed E-state index contributed by atoms with van der Waals surface area (Å²) in [6.07, 6.45) is 3.62. The highest BCUT2D eigenvalue weighted by molar-refractivity contribution is 5.99. The molecule has 3 amide bonds. The fourth-order valence-corrected chi connectivity index (χ4v) is 5.09. The number of carbonyl (C=O) groups is 3. The molecule has 0 bridgehead atoms. The molecule has 0 radical (unpaired) electrons. The Kier molecular flexibility index (Phi) is 7.60. The van der Waals surface area contributed by atoms with E-state index in [0.717, 1.165) is 42.0 Å². The molecule has 0 spiro atoms. The van der Waals surface area contributed by atoms with Gasteiger partial charge in [-0.2, -0.15) is 5.10 Å². The van der Waals surface area contributed by atoms with E-state index in [0.29, 0.717) is 30.0 Å². The van der Waals surface area contributed by atoms with Gasteiger partial charge in [0, 0.05) is 80.3 Å². The highest BCUT2D eigenvalue weighted by Crippen LogP contribution is 2.35. The van der Waals surface area contributed by atoms with Gasteiger partial charge in [0.1, 0.15) is 5.82 Å². The van der Waals surface area contributed by atoms with E-state index in [-0.39, 0.29) is 35.6 Å². The van der Waals surface area contributed by atoms with E-state index in [2.05, 4.69) is 41.3 Å². The van der Waals surface area contributed by atoms with Gasteiger partial charge < -0.3 is 20.4 Å². The molecular formula is C30H37N7O3. The summed E-state index contributed by atoms with van der Waals surface area (Å²) in [5.41, 5.74) is 4.68. The van der Waals surface area contributed by atoms with Crippen LogP contribution in [0.3, 0.4) is 0 Å². The lowest BCUT2D eigenvalue weighted by Crippen LogP contribution is -2.35. The zero-order valence-corrected chi connectivity index (χ0v) is 23.8. The average molecular weight is 544 g/mol. The molecule has 2 N–H and O–H groups in total. The number of amides is 3. The first-order valence-corrected chi connectivity index (χ1v) is 13.8. The number of nitrogens with zero attached hydrogens (tertiary/aromatic N) is 5. The Morgan fingerprint density at radius 2 is 1.80 bits per heavy atom. The molecule has 0 saturated heterocycles. The molecule has 210 valence electrons. The second-order valence-corrected chi connectivity index (χ2v) is 11.3. The molecule has 2 aromatic heterocycles. The second-order valence-electron chi connectivity index (χ2n) is 11.3. The first-order valence-electron chi connectivity index (χ1n) is 13.8. The molecule has 2 aliphatic rings. The Hall–Kier alpha value is -4.21. The van der Waals surface area contributed by atoms with Gasteiger partial charge in [-0.25, -0.2) is 9.78 Å². The van der Waals surface area contributed by atoms with Crippen molar-refractivity contribution in [1.82, 2.24) is 25.0 Å². The van der Waals surface area contributed by atoms with E-state index >= 15 is 0 Å². The van der Waals surface area contributed by atoms with Gasteiger partial charge in [0.2, 0.25) is 0 Å². The Bertz CT molecular complexity index is 1410. The number of ketones is 1. The van der Waals surface area contributed by atoms with Crippen LogP contribution in [0.5, 0.6) is 0 Å². The third-order valence-corrected chi connectivity index (χ3v) is 7.43. The van der Waals surface area contributed by atoms with Gasteiger partial charge >= 0.3 is 6.03 Å². The standard InChI is InChI=1S/C30H37N7O3/c1-18(2)37-27-19(3)16-36(25-13-10-22(15-31-25)28(38)21-8-9-21)17-24(27)26(34-37)29(39)32-14-20-6-11-23(12-7-20)33-30(40)35(4)5/h6-7,10-13,15,18-19,21H,8-9,14,16-17H2,1-5H3,(H,32,39)(H,33,40)/t19-/m0/s1. The third-order valence-electron chi connectivity index (χ3n) is 7.43. The van der Waals surface area contributed by atoms with Crippen LogP contribution in [0.25, 0.3) is 0 Å². The van der Waals surface area contributed by atoms with E-state index in [1.807, 2.05) is 41.1 Å². The largest absolute Gasteiger partial charge is 0.351 e. The summed E-state index contributed by atoms with van der Waals surface area (Å²) in [6.45, 7) is 7.88. The molecule has 1 aromatic carbocycles. The summed E-state index contributed by atoms with van der Waals surface area (Å²) in [7, 11) is 3.37. The van der Waals surface area contributed by atoms with Gasteiger partial charge in [0.25, 0.3) is 5.91 Å². The molecule has 3 heterocycles. The number of nitrogens with one attached hydrogen (secondary N) is 2. The average Bonchev–Trinajstić information content (AvgIpc) is 3.71. The number of rotatable bonds is 8. The van der Waals surface area contributed by atoms with Gasteiger partial charge in [0.15, 0.2) is 11.5 Å². The van der Waals surface area contributed by atoms with Crippen molar-refractivity contribution >= 4 is 29.2 Å². The number of pyridine rings is 1. The monoisotopic (exact) mass is 543 g/mol. The maximum Gasteiger partial charge on any atom is 0.321 e. The Balaban J connectivity index is 1.32. The van der Waals surface area contributed by atoms with Crippen molar-refractivity contribution in [1.29, 1.82) is 0 Å². The van der Waals surface area contributed by atoms with E-state index < -0.39 is 0 Å². The van der Waals surface area contributed by atoms with Gasteiger partial charge in [0.05, 0.1) is 0 Å². The van der Waals surface area contributed by atoms with Crippen molar-refractivity contribution in [3.63, 3.8) is 0 Å². The van der Waals surface area contributed by atoms with Gasteiger partial charge in [-0.1, -0.05) is 19.1 Å². The predicted molar refractivity (Wildman–Crippen MR) is 154 cm³/mol. The number of hydrogen-bond donors (Lipinski definition) is 2. The van der Waals surface area contributed by atoms with Crippen molar-refractivity contribution in [2.24, 2.45) is 5.92 Å². The minimum Gasteiger partial charge on any atom is -0.351 e.